The van der Waals surface area contributed by atoms with Crippen LogP contribution >= 0.6 is 0 Å². The Balaban J connectivity index is 2.32. The number of hydrogen-bond acceptors (Lipinski definition) is 2. The molecule has 0 saturated heterocycles. The maximum absolute atomic E-state index is 12.8. The van der Waals surface area contributed by atoms with E-state index in [-0.39, 0.29) is 11.7 Å². The van der Waals surface area contributed by atoms with Gasteiger partial charge < -0.3 is 10.9 Å². The molecule has 0 heterocycles. The third-order valence-corrected chi connectivity index (χ3v) is 2.47. The summed E-state index contributed by atoms with van der Waals surface area (Å²) in [4.78, 5) is 0. The summed E-state index contributed by atoms with van der Waals surface area (Å²) in [6.07, 6.45) is 0. The van der Waals surface area contributed by atoms with Gasteiger partial charge in [-0.1, -0.05) is 41.6 Å². The van der Waals surface area contributed by atoms with Crippen molar-refractivity contribution in [3.63, 3.8) is 0 Å². The molecule has 0 aromatic heterocycles. The van der Waals surface area contributed by atoms with Crippen LogP contribution in [-0.4, -0.2) is 11.0 Å². The lowest BCUT2D eigenvalue weighted by atomic mass is 10.0. The van der Waals surface area contributed by atoms with E-state index in [9.17, 15) is 4.39 Å². The van der Waals surface area contributed by atoms with E-state index in [0.29, 0.717) is 5.56 Å². The van der Waals surface area contributed by atoms with Crippen LogP contribution in [-0.2, 0) is 0 Å². The number of oxime groups is 1. The summed E-state index contributed by atoms with van der Waals surface area (Å²) in [5.41, 5.74) is 7.95. The van der Waals surface area contributed by atoms with Crippen molar-refractivity contribution in [3.8, 4) is 11.1 Å². The number of nitrogens with zero attached hydrogens (tertiary/aromatic N) is 1. The molecule has 0 aliphatic rings. The van der Waals surface area contributed by atoms with Gasteiger partial charge in [-0.05, 0) is 23.3 Å². The normalized spacial score (nSPS) is 11.5. The molecule has 2 aromatic rings. The van der Waals surface area contributed by atoms with Gasteiger partial charge in [0.25, 0.3) is 0 Å². The minimum Gasteiger partial charge on any atom is -0.409 e. The molecule has 4 heteroatoms. The Morgan fingerprint density at radius 2 is 1.41 bits per heavy atom. The highest BCUT2D eigenvalue weighted by Gasteiger charge is 2.01. The van der Waals surface area contributed by atoms with Crippen molar-refractivity contribution >= 4 is 5.84 Å². The van der Waals surface area contributed by atoms with E-state index >= 15 is 0 Å². The Kier molecular flexibility index (Phi) is 3.05. The monoisotopic (exact) mass is 230 g/mol. The van der Waals surface area contributed by atoms with Gasteiger partial charge in [-0.25, -0.2) is 4.39 Å². The Morgan fingerprint density at radius 1 is 0.941 bits per heavy atom. The number of nitrogens with two attached hydrogens (primary N) is 1. The van der Waals surface area contributed by atoms with Gasteiger partial charge in [0, 0.05) is 5.56 Å². The summed E-state index contributed by atoms with van der Waals surface area (Å²) in [6, 6.07) is 13.4. The minimum absolute atomic E-state index is 0.0654. The van der Waals surface area contributed by atoms with E-state index in [1.165, 1.54) is 12.1 Å². The minimum atomic E-state index is -0.262. The predicted octanol–water partition coefficient (Wildman–Crippen LogP) is 2.59. The van der Waals surface area contributed by atoms with E-state index in [4.69, 9.17) is 10.9 Å². The first-order valence-corrected chi connectivity index (χ1v) is 5.04. The van der Waals surface area contributed by atoms with Crippen LogP contribution in [0.4, 0.5) is 4.39 Å². The van der Waals surface area contributed by atoms with Gasteiger partial charge in [0.1, 0.15) is 5.82 Å². The molecule has 0 spiro atoms. The molecule has 0 unspecified atom stereocenters. The molecule has 0 radical (unpaired) electrons. The van der Waals surface area contributed by atoms with Gasteiger partial charge in [0.05, 0.1) is 0 Å². The first-order valence-electron chi connectivity index (χ1n) is 5.04. The zero-order valence-electron chi connectivity index (χ0n) is 8.97. The SMILES string of the molecule is N/C(=N\O)c1ccc(-c2ccc(F)cc2)cc1. The van der Waals surface area contributed by atoms with Crippen molar-refractivity contribution in [2.24, 2.45) is 10.9 Å². The average molecular weight is 230 g/mol. The Labute approximate surface area is 98.0 Å². The van der Waals surface area contributed by atoms with Crippen LogP contribution in [0.2, 0.25) is 0 Å². The van der Waals surface area contributed by atoms with Gasteiger partial charge >= 0.3 is 0 Å². The van der Waals surface area contributed by atoms with Crippen LogP contribution < -0.4 is 5.73 Å². The molecular weight excluding hydrogens is 219 g/mol. The van der Waals surface area contributed by atoms with Crippen LogP contribution in [0, 0.1) is 5.82 Å². The van der Waals surface area contributed by atoms with Crippen molar-refractivity contribution < 1.29 is 9.60 Å². The summed E-state index contributed by atoms with van der Waals surface area (Å²) in [7, 11) is 0. The molecule has 0 aliphatic heterocycles. The number of halogens is 1. The van der Waals surface area contributed by atoms with Crippen LogP contribution in [0.25, 0.3) is 11.1 Å². The molecule has 0 aliphatic carbocycles. The van der Waals surface area contributed by atoms with Gasteiger partial charge in [0.15, 0.2) is 5.84 Å². The molecule has 2 aromatic carbocycles. The number of benzene rings is 2. The van der Waals surface area contributed by atoms with Gasteiger partial charge in [-0.2, -0.15) is 0 Å². The highest BCUT2D eigenvalue weighted by Crippen LogP contribution is 2.19. The van der Waals surface area contributed by atoms with E-state index in [2.05, 4.69) is 5.16 Å². The molecule has 0 amide bonds. The Hall–Kier alpha value is -2.36. The molecule has 0 saturated carbocycles. The first-order chi connectivity index (χ1) is 8.20. The third kappa shape index (κ3) is 2.42. The zero-order chi connectivity index (χ0) is 12.3. The molecule has 3 N–H and O–H groups in total. The van der Waals surface area contributed by atoms with E-state index in [1.807, 2.05) is 12.1 Å². The smallest absolute Gasteiger partial charge is 0.170 e. The largest absolute Gasteiger partial charge is 0.409 e. The molecule has 2 rings (SSSR count). The van der Waals surface area contributed by atoms with Gasteiger partial charge in [-0.15, -0.1) is 0 Å². The van der Waals surface area contributed by atoms with Crippen molar-refractivity contribution in [1.29, 1.82) is 0 Å². The van der Waals surface area contributed by atoms with Crippen LogP contribution in [0.3, 0.4) is 0 Å². The molecule has 0 bridgehead atoms. The van der Waals surface area contributed by atoms with Gasteiger partial charge in [0.2, 0.25) is 0 Å². The average Bonchev–Trinajstić information content (AvgIpc) is 2.39. The third-order valence-electron chi connectivity index (χ3n) is 2.47. The fraction of sp³-hybridized carbons (Fsp3) is 0. The maximum atomic E-state index is 12.8. The fourth-order valence-corrected chi connectivity index (χ4v) is 1.53. The zero-order valence-corrected chi connectivity index (χ0v) is 8.97. The van der Waals surface area contributed by atoms with Crippen molar-refractivity contribution in [2.45, 2.75) is 0 Å². The quantitative estimate of drug-likeness (QED) is 0.360. The Morgan fingerprint density at radius 3 is 1.88 bits per heavy atom. The van der Waals surface area contributed by atoms with Crippen LogP contribution in [0.15, 0.2) is 53.7 Å². The second-order valence-electron chi connectivity index (χ2n) is 3.57. The molecule has 86 valence electrons. The lowest BCUT2D eigenvalue weighted by Gasteiger charge is -2.03. The molecule has 17 heavy (non-hydrogen) atoms. The second-order valence-corrected chi connectivity index (χ2v) is 3.57. The number of amidine groups is 1. The van der Waals surface area contributed by atoms with Crippen molar-refractivity contribution in [2.75, 3.05) is 0 Å². The lowest BCUT2D eigenvalue weighted by molar-refractivity contribution is 0.318. The molecule has 0 fully saturated rings. The summed E-state index contributed by atoms with van der Waals surface area (Å²) >= 11 is 0. The first kappa shape index (κ1) is 11.1. The molecule has 3 nitrogen and oxygen atoms in total. The van der Waals surface area contributed by atoms with Crippen LogP contribution in [0.5, 0.6) is 0 Å². The molecular formula is C13H11FN2O. The van der Waals surface area contributed by atoms with E-state index in [0.717, 1.165) is 11.1 Å². The summed E-state index contributed by atoms with van der Waals surface area (Å²) < 4.78 is 12.8. The topological polar surface area (TPSA) is 58.6 Å². The Bertz CT molecular complexity index is 532. The van der Waals surface area contributed by atoms with E-state index < -0.39 is 0 Å². The van der Waals surface area contributed by atoms with Crippen LogP contribution in [0.1, 0.15) is 5.56 Å². The standard InChI is InChI=1S/C13H11FN2O/c14-12-7-5-10(6-8-12)9-1-3-11(4-2-9)13(15)16-17/h1-8,17H,(H2,15,16). The van der Waals surface area contributed by atoms with Crippen molar-refractivity contribution in [1.82, 2.24) is 0 Å². The summed E-state index contributed by atoms with van der Waals surface area (Å²) in [6.45, 7) is 0. The fourth-order valence-electron chi connectivity index (χ4n) is 1.53. The lowest BCUT2D eigenvalue weighted by Crippen LogP contribution is -2.12. The van der Waals surface area contributed by atoms with Crippen molar-refractivity contribution in [3.05, 3.63) is 59.9 Å². The predicted molar refractivity (Wildman–Crippen MR) is 64.3 cm³/mol. The maximum Gasteiger partial charge on any atom is 0.170 e. The number of rotatable bonds is 2. The van der Waals surface area contributed by atoms with E-state index in [1.54, 1.807) is 24.3 Å². The highest BCUT2D eigenvalue weighted by molar-refractivity contribution is 5.97. The van der Waals surface area contributed by atoms with Gasteiger partial charge in [-0.3, -0.25) is 0 Å². The second kappa shape index (κ2) is 4.65. The number of hydrogen-bond donors (Lipinski definition) is 2. The molecule has 0 atom stereocenters. The summed E-state index contributed by atoms with van der Waals surface area (Å²) in [5.74, 6) is -0.197. The summed E-state index contributed by atoms with van der Waals surface area (Å²) in [5, 5.41) is 11.4. The highest BCUT2D eigenvalue weighted by atomic mass is 19.1.